The molecule has 7 aromatic rings. The average molecular weight is 846 g/mol. The Hall–Kier alpha value is -6.33. The number of aryl methyl sites for hydroxylation is 2. The topological polar surface area (TPSA) is 179 Å². The molecule has 2 fully saturated rings. The second kappa shape index (κ2) is 14.1. The Kier molecular flexibility index (Phi) is 8.99. The number of fused-ring (bicyclic) bond motifs is 2. The van der Waals surface area contributed by atoms with Crippen molar-refractivity contribution in [2.45, 2.75) is 75.1 Å². The molecule has 2 atom stereocenters. The van der Waals surface area contributed by atoms with Crippen LogP contribution in [0.25, 0.3) is 22.7 Å². The number of carbonyl (C=O) groups is 1. The molecule has 17 heteroatoms. The van der Waals surface area contributed by atoms with Gasteiger partial charge in [-0.25, -0.2) is 27.6 Å². The molecule has 1 aliphatic carbocycles. The summed E-state index contributed by atoms with van der Waals surface area (Å²) in [6, 6.07) is 13.4. The van der Waals surface area contributed by atoms with Gasteiger partial charge < -0.3 is 14.0 Å². The van der Waals surface area contributed by atoms with Crippen molar-refractivity contribution in [2.24, 2.45) is 0 Å². The van der Waals surface area contributed by atoms with E-state index in [2.05, 4.69) is 28.5 Å². The van der Waals surface area contributed by atoms with Crippen LogP contribution in [0.2, 0.25) is 0 Å². The molecule has 2 N–H and O–H groups in total. The number of pyridine rings is 1. The number of carbonyl (C=O) groups excluding carboxylic acids is 1. The van der Waals surface area contributed by atoms with E-state index in [1.54, 1.807) is 67.3 Å². The van der Waals surface area contributed by atoms with Crippen LogP contribution in [-0.4, -0.2) is 74.5 Å². The Bertz CT molecular complexity index is 3120. The van der Waals surface area contributed by atoms with Crippen LogP contribution >= 0.6 is 0 Å². The molecule has 2 aromatic carbocycles. The molecular formula is C44H44FN9O6S. The Balaban J connectivity index is 1.11. The average Bonchev–Trinajstić information content (AvgIpc) is 3.54. The molecule has 0 spiro atoms. The van der Waals surface area contributed by atoms with E-state index in [0.717, 1.165) is 29.5 Å². The van der Waals surface area contributed by atoms with E-state index in [9.17, 15) is 13.8 Å². The number of amides is 1. The van der Waals surface area contributed by atoms with E-state index in [1.807, 2.05) is 22.4 Å². The maximum atomic E-state index is 15.3. The minimum absolute atomic E-state index is 0.222. The smallest absolute Gasteiger partial charge is 0.381 e. The molecule has 3 aliphatic rings. The molecule has 5 aromatic heterocycles. The quantitative estimate of drug-likeness (QED) is 0.180. The summed E-state index contributed by atoms with van der Waals surface area (Å²) in [6.45, 7) is 7.01. The van der Waals surface area contributed by atoms with E-state index >= 15 is 9.18 Å². The van der Waals surface area contributed by atoms with Crippen molar-refractivity contribution in [3.05, 3.63) is 145 Å². The fourth-order valence-corrected chi connectivity index (χ4v) is 10.1. The number of rotatable bonds is 8. The molecule has 1 amide bonds. The molecule has 7 heterocycles. The number of hydrogen-bond donors (Lipinski definition) is 2. The number of hydrogen-bond acceptors (Lipinski definition) is 9. The first kappa shape index (κ1) is 38.8. The lowest BCUT2D eigenvalue weighted by Gasteiger charge is -2.34. The molecule has 314 valence electrons. The third kappa shape index (κ3) is 6.31. The summed E-state index contributed by atoms with van der Waals surface area (Å²) in [5.41, 5.74) is 5.36. The minimum Gasteiger partial charge on any atom is -0.381 e. The predicted molar refractivity (Wildman–Crippen MR) is 223 cm³/mol. The molecule has 0 unspecified atom stereocenters. The van der Waals surface area contributed by atoms with Crippen LogP contribution in [0, 0.1) is 24.4 Å². The van der Waals surface area contributed by atoms with Gasteiger partial charge in [-0.05, 0) is 112 Å². The number of halogens is 1. The minimum atomic E-state index is -2.96. The predicted octanol–water partition coefficient (Wildman–Crippen LogP) is 6.27. The fraction of sp³-hybridized carbons (Fsp3) is 0.341. The molecule has 1 saturated heterocycles. The van der Waals surface area contributed by atoms with Gasteiger partial charge in [-0.3, -0.25) is 23.4 Å². The number of ether oxygens (including phenoxy) is 1. The first-order valence-corrected chi connectivity index (χ1v) is 22.3. The maximum Gasteiger partial charge on any atom is 0.438 e. The first-order chi connectivity index (χ1) is 29.2. The molecule has 10 rings (SSSR count). The van der Waals surface area contributed by atoms with Gasteiger partial charge in [0, 0.05) is 73.2 Å². The van der Waals surface area contributed by atoms with Crippen LogP contribution in [0.4, 0.5) is 4.39 Å². The van der Waals surface area contributed by atoms with Gasteiger partial charge in [0.05, 0.1) is 49.3 Å². The molecule has 1 saturated carbocycles. The number of imidazole rings is 1. The van der Waals surface area contributed by atoms with Crippen molar-refractivity contribution in [3.8, 4) is 17.2 Å². The molecule has 0 bridgehead atoms. The molecule has 61 heavy (non-hydrogen) atoms. The van der Waals surface area contributed by atoms with Crippen molar-refractivity contribution < 1.29 is 22.7 Å². The van der Waals surface area contributed by atoms with Crippen molar-refractivity contribution in [2.75, 3.05) is 26.0 Å². The number of H-pyrrole nitrogens is 1. The lowest BCUT2D eigenvalue weighted by molar-refractivity contribution is 0.0675. The van der Waals surface area contributed by atoms with Gasteiger partial charge in [-0.2, -0.15) is 5.10 Å². The SMILES string of the molecule is Cc1cc(-n2nc3c(c2-n2ccn(-c4ccc([S@](C)(=N)=O)cc4)c2=O)[C@H](C)N(C(=O)c2cn4cc(C5CCOCC5)ccc4c2C2(c4noc(=O)[nH]4)CC2)CC3)cc(C)c1F. The van der Waals surface area contributed by atoms with Gasteiger partial charge >= 0.3 is 11.4 Å². The Morgan fingerprint density at radius 1 is 0.984 bits per heavy atom. The lowest BCUT2D eigenvalue weighted by Crippen LogP contribution is -2.40. The summed E-state index contributed by atoms with van der Waals surface area (Å²) in [5, 5.41) is 9.18. The standard InChI is InChI=1S/C44H44FN9O6S/c1-25-21-31(22-26(2)38(25)45)54-39(53-18-17-52(43(53)57)30-6-8-32(9-7-30)61(4,46)58)36-27(3)51(16-11-34(36)48-54)40(55)33-24-50-23-29(28-12-19-59-20-13-28)5-10-35(50)37(33)44(14-15-44)41-47-42(56)60-49-41/h5-10,17-18,21-24,27-28,46H,11-16,19-20H2,1-4H3,(H,47,49,56)/t27-,61+/m0/s1. The first-order valence-electron chi connectivity index (χ1n) is 20.4. The van der Waals surface area contributed by atoms with Crippen LogP contribution in [0.3, 0.4) is 0 Å². The van der Waals surface area contributed by atoms with Crippen molar-refractivity contribution in [1.29, 1.82) is 4.78 Å². The van der Waals surface area contributed by atoms with Crippen molar-refractivity contribution in [1.82, 2.24) is 38.4 Å². The van der Waals surface area contributed by atoms with E-state index in [1.165, 1.54) is 15.4 Å². The Morgan fingerprint density at radius 2 is 1.69 bits per heavy atom. The number of aromatic nitrogens is 7. The van der Waals surface area contributed by atoms with Gasteiger partial charge in [-0.1, -0.05) is 11.2 Å². The van der Waals surface area contributed by atoms with Gasteiger partial charge in [0.1, 0.15) is 11.6 Å². The molecule has 15 nitrogen and oxygen atoms in total. The van der Waals surface area contributed by atoms with Crippen LogP contribution in [0.15, 0.2) is 92.3 Å². The maximum absolute atomic E-state index is 15.3. The van der Waals surface area contributed by atoms with Gasteiger partial charge in [-0.15, -0.1) is 0 Å². The summed E-state index contributed by atoms with van der Waals surface area (Å²) < 4.78 is 52.6. The van der Waals surface area contributed by atoms with E-state index in [-0.39, 0.29) is 11.7 Å². The third-order valence-corrected chi connectivity index (χ3v) is 14.0. The number of nitrogens with zero attached hydrogens (tertiary/aromatic N) is 7. The molecule has 0 radical (unpaired) electrons. The van der Waals surface area contributed by atoms with Crippen LogP contribution < -0.4 is 11.4 Å². The zero-order valence-electron chi connectivity index (χ0n) is 34.1. The summed E-state index contributed by atoms with van der Waals surface area (Å²) in [5.74, 6) is -0.0900. The fourth-order valence-electron chi connectivity index (χ4n) is 9.44. The van der Waals surface area contributed by atoms with Gasteiger partial charge in [0.15, 0.2) is 5.82 Å². The summed E-state index contributed by atoms with van der Waals surface area (Å²) in [7, 11) is -2.96. The van der Waals surface area contributed by atoms with Crippen LogP contribution in [-0.2, 0) is 26.3 Å². The second-order valence-corrected chi connectivity index (χ2v) is 18.8. The van der Waals surface area contributed by atoms with Crippen molar-refractivity contribution in [3.63, 3.8) is 0 Å². The summed E-state index contributed by atoms with van der Waals surface area (Å²) in [4.78, 5) is 47.0. The Morgan fingerprint density at radius 3 is 2.34 bits per heavy atom. The van der Waals surface area contributed by atoms with E-state index in [4.69, 9.17) is 19.1 Å². The van der Waals surface area contributed by atoms with Gasteiger partial charge in [0.2, 0.25) is 0 Å². The lowest BCUT2D eigenvalue weighted by atomic mass is 9.90. The number of aromatic amines is 1. The van der Waals surface area contributed by atoms with Crippen molar-refractivity contribution >= 4 is 21.2 Å². The zero-order valence-corrected chi connectivity index (χ0v) is 34.9. The van der Waals surface area contributed by atoms with Crippen LogP contribution in [0.1, 0.15) is 94.3 Å². The largest absolute Gasteiger partial charge is 0.438 e. The highest BCUT2D eigenvalue weighted by molar-refractivity contribution is 7.91. The molecular weight excluding hydrogens is 802 g/mol. The van der Waals surface area contributed by atoms with Gasteiger partial charge in [0.25, 0.3) is 5.91 Å². The third-order valence-electron chi connectivity index (χ3n) is 12.8. The summed E-state index contributed by atoms with van der Waals surface area (Å²) in [6.07, 6.45) is 12.1. The summed E-state index contributed by atoms with van der Waals surface area (Å²) >= 11 is 0. The monoisotopic (exact) mass is 845 g/mol. The zero-order chi connectivity index (χ0) is 42.5. The second-order valence-electron chi connectivity index (χ2n) is 16.7. The number of nitrogens with one attached hydrogen (secondary N) is 2. The van der Waals surface area contributed by atoms with Crippen LogP contribution in [0.5, 0.6) is 0 Å². The highest BCUT2D eigenvalue weighted by atomic mass is 32.2. The van der Waals surface area contributed by atoms with E-state index < -0.39 is 32.6 Å². The highest BCUT2D eigenvalue weighted by Gasteiger charge is 2.53. The van der Waals surface area contributed by atoms with E-state index in [0.29, 0.717) is 101 Å². The highest BCUT2D eigenvalue weighted by Crippen LogP contribution is 2.55. The Labute approximate surface area is 349 Å². The normalized spacial score (nSPS) is 18.6. The molecule has 2 aliphatic heterocycles. The number of benzene rings is 2.